The topological polar surface area (TPSA) is 73.4 Å². The molecule has 1 aliphatic rings. The van der Waals surface area contributed by atoms with E-state index in [1.54, 1.807) is 24.4 Å². The van der Waals surface area contributed by atoms with Crippen molar-refractivity contribution in [3.63, 3.8) is 0 Å². The SMILES string of the molecule is O=C1C[C@@H](c2c[nH]c3ccccc23)C(=O)N1c1ccccc1O. The van der Waals surface area contributed by atoms with Crippen LogP contribution in [0.15, 0.2) is 54.7 Å². The van der Waals surface area contributed by atoms with Crippen molar-refractivity contribution in [2.75, 3.05) is 4.90 Å². The molecule has 1 aliphatic heterocycles. The van der Waals surface area contributed by atoms with Gasteiger partial charge in [0, 0.05) is 23.5 Å². The Bertz CT molecular complexity index is 929. The molecular weight excluding hydrogens is 292 g/mol. The highest BCUT2D eigenvalue weighted by atomic mass is 16.3. The molecule has 1 atom stereocenters. The number of carbonyl (C=O) groups excluding carboxylic acids is 2. The number of phenols is 1. The summed E-state index contributed by atoms with van der Waals surface area (Å²) < 4.78 is 0. The van der Waals surface area contributed by atoms with Crippen molar-refractivity contribution in [3.05, 3.63) is 60.3 Å². The molecule has 0 unspecified atom stereocenters. The van der Waals surface area contributed by atoms with Gasteiger partial charge in [0.05, 0.1) is 11.6 Å². The van der Waals surface area contributed by atoms with Crippen LogP contribution < -0.4 is 4.90 Å². The summed E-state index contributed by atoms with van der Waals surface area (Å²) in [5, 5.41) is 10.9. The molecular formula is C18H14N2O3. The van der Waals surface area contributed by atoms with E-state index in [4.69, 9.17) is 0 Å². The summed E-state index contributed by atoms with van der Waals surface area (Å²) in [5.74, 6) is -1.21. The Morgan fingerprint density at radius 1 is 1.04 bits per heavy atom. The Labute approximate surface area is 132 Å². The van der Waals surface area contributed by atoms with E-state index in [1.165, 1.54) is 6.07 Å². The number of aromatic nitrogens is 1. The van der Waals surface area contributed by atoms with Gasteiger partial charge in [-0.2, -0.15) is 0 Å². The van der Waals surface area contributed by atoms with Gasteiger partial charge in [-0.25, -0.2) is 4.90 Å². The minimum Gasteiger partial charge on any atom is -0.506 e. The van der Waals surface area contributed by atoms with Crippen LogP contribution in [-0.4, -0.2) is 21.9 Å². The molecule has 1 fully saturated rings. The smallest absolute Gasteiger partial charge is 0.242 e. The number of phenolic OH excluding ortho intramolecular Hbond substituents is 1. The molecule has 0 aliphatic carbocycles. The first-order chi connectivity index (χ1) is 11.2. The maximum Gasteiger partial charge on any atom is 0.242 e. The molecule has 2 N–H and O–H groups in total. The molecule has 3 aromatic rings. The van der Waals surface area contributed by atoms with Crippen LogP contribution in [0.3, 0.4) is 0 Å². The third-order valence-electron chi connectivity index (χ3n) is 4.27. The second kappa shape index (κ2) is 4.98. The van der Waals surface area contributed by atoms with E-state index in [9.17, 15) is 14.7 Å². The lowest BCUT2D eigenvalue weighted by molar-refractivity contribution is -0.121. The van der Waals surface area contributed by atoms with E-state index in [0.717, 1.165) is 21.4 Å². The number of nitrogens with one attached hydrogen (secondary N) is 1. The monoisotopic (exact) mass is 306 g/mol. The zero-order chi connectivity index (χ0) is 16.0. The van der Waals surface area contributed by atoms with Crippen LogP contribution in [0.1, 0.15) is 17.9 Å². The predicted molar refractivity (Wildman–Crippen MR) is 86.3 cm³/mol. The molecule has 2 heterocycles. The van der Waals surface area contributed by atoms with E-state index in [-0.39, 0.29) is 29.7 Å². The van der Waals surface area contributed by atoms with Crippen LogP contribution in [0.25, 0.3) is 10.9 Å². The highest BCUT2D eigenvalue weighted by molar-refractivity contribution is 6.23. The zero-order valence-corrected chi connectivity index (χ0v) is 12.2. The predicted octanol–water partition coefficient (Wildman–Crippen LogP) is 2.92. The summed E-state index contributed by atoms with van der Waals surface area (Å²) in [6, 6.07) is 14.1. The zero-order valence-electron chi connectivity index (χ0n) is 12.2. The lowest BCUT2D eigenvalue weighted by Gasteiger charge is -2.16. The fourth-order valence-electron chi connectivity index (χ4n) is 3.16. The molecule has 5 heteroatoms. The number of aromatic hydroxyl groups is 1. The van der Waals surface area contributed by atoms with Crippen LogP contribution >= 0.6 is 0 Å². The number of benzene rings is 2. The Morgan fingerprint density at radius 2 is 1.78 bits per heavy atom. The van der Waals surface area contributed by atoms with Crippen LogP contribution in [-0.2, 0) is 9.59 Å². The molecule has 2 aromatic carbocycles. The summed E-state index contributed by atoms with van der Waals surface area (Å²) in [6.07, 6.45) is 1.89. The van der Waals surface area contributed by atoms with Gasteiger partial charge in [-0.1, -0.05) is 30.3 Å². The fourth-order valence-corrected chi connectivity index (χ4v) is 3.16. The van der Waals surface area contributed by atoms with E-state index >= 15 is 0 Å². The van der Waals surface area contributed by atoms with Crippen LogP contribution in [0.2, 0.25) is 0 Å². The number of rotatable bonds is 2. The minimum absolute atomic E-state index is 0.0752. The number of nitrogens with zero attached hydrogens (tertiary/aromatic N) is 1. The van der Waals surface area contributed by atoms with Crippen molar-refractivity contribution in [3.8, 4) is 5.75 Å². The van der Waals surface area contributed by atoms with Gasteiger partial charge in [-0.3, -0.25) is 9.59 Å². The van der Waals surface area contributed by atoms with Crippen molar-refractivity contribution in [2.45, 2.75) is 12.3 Å². The average Bonchev–Trinajstić information content (AvgIpc) is 3.09. The number of hydrogen-bond donors (Lipinski definition) is 2. The van der Waals surface area contributed by atoms with Gasteiger partial charge in [-0.05, 0) is 23.8 Å². The van der Waals surface area contributed by atoms with Gasteiger partial charge >= 0.3 is 0 Å². The summed E-state index contributed by atoms with van der Waals surface area (Å²) in [7, 11) is 0. The highest BCUT2D eigenvalue weighted by Crippen LogP contribution is 2.38. The number of imide groups is 1. The lowest BCUT2D eigenvalue weighted by atomic mass is 9.97. The van der Waals surface area contributed by atoms with Crippen molar-refractivity contribution in [1.82, 2.24) is 4.98 Å². The van der Waals surface area contributed by atoms with Crippen molar-refractivity contribution >= 4 is 28.4 Å². The highest BCUT2D eigenvalue weighted by Gasteiger charge is 2.42. The van der Waals surface area contributed by atoms with E-state index in [2.05, 4.69) is 4.98 Å². The molecule has 0 saturated carbocycles. The van der Waals surface area contributed by atoms with Gasteiger partial charge in [0.15, 0.2) is 0 Å². The van der Waals surface area contributed by atoms with Crippen molar-refractivity contribution < 1.29 is 14.7 Å². The standard InChI is InChI=1S/C18H14N2O3/c21-16-8-4-3-7-15(16)20-17(22)9-12(18(20)23)13-10-19-14-6-2-1-5-11(13)14/h1-8,10,12,19,21H,9H2/t12-/m0/s1. The average molecular weight is 306 g/mol. The second-order valence-corrected chi connectivity index (χ2v) is 5.60. The van der Waals surface area contributed by atoms with Crippen LogP contribution in [0, 0.1) is 0 Å². The summed E-state index contributed by atoms with van der Waals surface area (Å²) >= 11 is 0. The van der Waals surface area contributed by atoms with Crippen LogP contribution in [0.4, 0.5) is 5.69 Å². The number of hydrogen-bond acceptors (Lipinski definition) is 3. The second-order valence-electron chi connectivity index (χ2n) is 5.60. The van der Waals surface area contributed by atoms with E-state index < -0.39 is 5.92 Å². The minimum atomic E-state index is -0.529. The number of aromatic amines is 1. The molecule has 1 aromatic heterocycles. The Hall–Kier alpha value is -3.08. The Morgan fingerprint density at radius 3 is 2.61 bits per heavy atom. The largest absolute Gasteiger partial charge is 0.506 e. The third-order valence-corrected chi connectivity index (χ3v) is 4.27. The quantitative estimate of drug-likeness (QED) is 0.715. The fraction of sp³-hybridized carbons (Fsp3) is 0.111. The summed E-state index contributed by atoms with van der Waals surface area (Å²) in [4.78, 5) is 29.4. The first-order valence-electron chi connectivity index (χ1n) is 7.37. The number of amides is 2. The molecule has 5 nitrogen and oxygen atoms in total. The summed E-state index contributed by atoms with van der Waals surface area (Å²) in [6.45, 7) is 0. The Kier molecular flexibility index (Phi) is 2.94. The molecule has 4 rings (SSSR count). The Balaban J connectivity index is 1.77. The van der Waals surface area contributed by atoms with Gasteiger partial charge in [0.25, 0.3) is 0 Å². The van der Waals surface area contributed by atoms with Gasteiger partial charge in [-0.15, -0.1) is 0 Å². The number of H-pyrrole nitrogens is 1. The molecule has 0 radical (unpaired) electrons. The molecule has 23 heavy (non-hydrogen) atoms. The molecule has 2 amide bonds. The maximum atomic E-state index is 12.8. The number of anilines is 1. The van der Waals surface area contributed by atoms with E-state index in [0.29, 0.717) is 0 Å². The van der Waals surface area contributed by atoms with Gasteiger partial charge in [0.2, 0.25) is 11.8 Å². The molecule has 0 bridgehead atoms. The molecule has 0 spiro atoms. The van der Waals surface area contributed by atoms with Crippen molar-refractivity contribution in [2.24, 2.45) is 0 Å². The number of fused-ring (bicyclic) bond motifs is 1. The normalized spacial score (nSPS) is 18.1. The maximum absolute atomic E-state index is 12.8. The number of carbonyl (C=O) groups is 2. The number of para-hydroxylation sites is 3. The van der Waals surface area contributed by atoms with Crippen molar-refractivity contribution in [1.29, 1.82) is 0 Å². The van der Waals surface area contributed by atoms with E-state index in [1.807, 2.05) is 24.3 Å². The third kappa shape index (κ3) is 2.01. The van der Waals surface area contributed by atoms with Crippen LogP contribution in [0.5, 0.6) is 5.75 Å². The summed E-state index contributed by atoms with van der Waals surface area (Å²) in [5.41, 5.74) is 1.99. The van der Waals surface area contributed by atoms with Gasteiger partial charge in [0.1, 0.15) is 5.75 Å². The first kappa shape index (κ1) is 13.6. The molecule has 114 valence electrons. The first-order valence-corrected chi connectivity index (χ1v) is 7.37. The molecule has 1 saturated heterocycles. The lowest BCUT2D eigenvalue weighted by Crippen LogP contribution is -2.30. The van der Waals surface area contributed by atoms with Gasteiger partial charge < -0.3 is 10.1 Å².